The number of hydrogen-bond acceptors (Lipinski definition) is 2. The van der Waals surface area contributed by atoms with Gasteiger partial charge in [-0.25, -0.2) is 0 Å². The number of rotatable bonds is 4. The summed E-state index contributed by atoms with van der Waals surface area (Å²) in [6.45, 7) is 3.22. The van der Waals surface area contributed by atoms with Gasteiger partial charge in [0, 0.05) is 19.3 Å². The molecule has 0 amide bonds. The van der Waals surface area contributed by atoms with Crippen LogP contribution < -0.4 is 5.32 Å². The summed E-state index contributed by atoms with van der Waals surface area (Å²) < 4.78 is 5.44. The SMILES string of the molecule is C1CCC2(C1)CCC(NCCC1CCOC1)CC2. The third-order valence-corrected chi connectivity index (χ3v) is 5.72. The minimum Gasteiger partial charge on any atom is -0.381 e. The Labute approximate surface area is 112 Å². The van der Waals surface area contributed by atoms with Crippen LogP contribution in [0.2, 0.25) is 0 Å². The van der Waals surface area contributed by atoms with Crippen molar-refractivity contribution in [1.29, 1.82) is 0 Å². The first-order valence-corrected chi connectivity index (χ1v) is 8.18. The van der Waals surface area contributed by atoms with Crippen molar-refractivity contribution in [3.05, 3.63) is 0 Å². The van der Waals surface area contributed by atoms with E-state index in [0.717, 1.165) is 30.6 Å². The fourth-order valence-corrected chi connectivity index (χ4v) is 4.36. The van der Waals surface area contributed by atoms with Crippen LogP contribution >= 0.6 is 0 Å². The number of ether oxygens (including phenoxy) is 1. The molecule has 0 aromatic carbocycles. The van der Waals surface area contributed by atoms with E-state index in [1.54, 1.807) is 0 Å². The lowest BCUT2D eigenvalue weighted by Gasteiger charge is -2.37. The Balaban J connectivity index is 1.32. The molecule has 0 radical (unpaired) electrons. The quantitative estimate of drug-likeness (QED) is 0.825. The Morgan fingerprint density at radius 3 is 2.44 bits per heavy atom. The van der Waals surface area contributed by atoms with Gasteiger partial charge >= 0.3 is 0 Å². The second kappa shape index (κ2) is 5.92. The van der Waals surface area contributed by atoms with Crippen molar-refractivity contribution >= 4 is 0 Å². The van der Waals surface area contributed by atoms with Gasteiger partial charge in [-0.2, -0.15) is 0 Å². The van der Waals surface area contributed by atoms with Gasteiger partial charge in [0.15, 0.2) is 0 Å². The summed E-state index contributed by atoms with van der Waals surface area (Å²) in [5.74, 6) is 0.835. The lowest BCUT2D eigenvalue weighted by atomic mass is 9.71. The Hall–Kier alpha value is -0.0800. The van der Waals surface area contributed by atoms with Crippen LogP contribution in [0.5, 0.6) is 0 Å². The smallest absolute Gasteiger partial charge is 0.0495 e. The monoisotopic (exact) mass is 251 g/mol. The zero-order chi connectivity index (χ0) is 12.3. The van der Waals surface area contributed by atoms with Crippen LogP contribution in [0, 0.1) is 11.3 Å². The van der Waals surface area contributed by atoms with E-state index >= 15 is 0 Å². The Bertz CT molecular complexity index is 244. The van der Waals surface area contributed by atoms with Gasteiger partial charge in [0.25, 0.3) is 0 Å². The summed E-state index contributed by atoms with van der Waals surface area (Å²) in [6.07, 6.45) is 14.5. The Morgan fingerprint density at radius 2 is 1.78 bits per heavy atom. The lowest BCUT2D eigenvalue weighted by Crippen LogP contribution is -2.37. The second-order valence-corrected chi connectivity index (χ2v) is 6.95. The summed E-state index contributed by atoms with van der Waals surface area (Å²) in [5, 5.41) is 3.80. The van der Waals surface area contributed by atoms with Gasteiger partial charge in [0.05, 0.1) is 0 Å². The molecule has 1 heterocycles. The maximum absolute atomic E-state index is 5.44. The minimum atomic E-state index is 0.789. The highest BCUT2D eigenvalue weighted by molar-refractivity contribution is 4.91. The van der Waals surface area contributed by atoms with Crippen molar-refractivity contribution in [2.24, 2.45) is 11.3 Å². The molecule has 3 rings (SSSR count). The van der Waals surface area contributed by atoms with Crippen LogP contribution in [0.1, 0.15) is 64.2 Å². The molecule has 2 nitrogen and oxygen atoms in total. The van der Waals surface area contributed by atoms with Crippen molar-refractivity contribution < 1.29 is 4.74 Å². The highest BCUT2D eigenvalue weighted by Crippen LogP contribution is 2.48. The average molecular weight is 251 g/mol. The van der Waals surface area contributed by atoms with Crippen LogP contribution in [-0.4, -0.2) is 25.8 Å². The van der Waals surface area contributed by atoms with E-state index in [1.807, 2.05) is 0 Å². The van der Waals surface area contributed by atoms with Gasteiger partial charge in [0.2, 0.25) is 0 Å². The van der Waals surface area contributed by atoms with E-state index < -0.39 is 0 Å². The van der Waals surface area contributed by atoms with Gasteiger partial charge < -0.3 is 10.1 Å². The molecule has 1 N–H and O–H groups in total. The van der Waals surface area contributed by atoms with E-state index in [4.69, 9.17) is 4.74 Å². The summed E-state index contributed by atoms with van der Waals surface area (Å²) in [5.41, 5.74) is 0.789. The van der Waals surface area contributed by atoms with Crippen LogP contribution in [0.25, 0.3) is 0 Å². The molecule has 3 aliphatic rings. The summed E-state index contributed by atoms with van der Waals surface area (Å²) in [7, 11) is 0. The van der Waals surface area contributed by atoms with Crippen LogP contribution in [-0.2, 0) is 4.74 Å². The maximum Gasteiger partial charge on any atom is 0.0495 e. The maximum atomic E-state index is 5.44. The molecular formula is C16H29NO. The van der Waals surface area contributed by atoms with E-state index in [-0.39, 0.29) is 0 Å². The molecule has 2 heteroatoms. The van der Waals surface area contributed by atoms with Crippen molar-refractivity contribution in [3.8, 4) is 0 Å². The molecule has 1 saturated heterocycles. The predicted molar refractivity (Wildman–Crippen MR) is 74.7 cm³/mol. The first-order valence-electron chi connectivity index (χ1n) is 8.18. The third kappa shape index (κ3) is 3.08. The lowest BCUT2D eigenvalue weighted by molar-refractivity contribution is 0.165. The van der Waals surface area contributed by atoms with Crippen LogP contribution in [0.15, 0.2) is 0 Å². The molecule has 104 valence electrons. The van der Waals surface area contributed by atoms with E-state index in [2.05, 4.69) is 5.32 Å². The van der Waals surface area contributed by atoms with Gasteiger partial charge in [0.1, 0.15) is 0 Å². The molecule has 3 fully saturated rings. The van der Waals surface area contributed by atoms with Gasteiger partial charge in [-0.3, -0.25) is 0 Å². The fourth-order valence-electron chi connectivity index (χ4n) is 4.36. The van der Waals surface area contributed by atoms with Gasteiger partial charge in [-0.15, -0.1) is 0 Å². The topological polar surface area (TPSA) is 21.3 Å². The van der Waals surface area contributed by atoms with Gasteiger partial charge in [-0.1, -0.05) is 12.8 Å². The Kier molecular flexibility index (Phi) is 4.25. The number of hydrogen-bond donors (Lipinski definition) is 1. The first kappa shape index (κ1) is 12.9. The molecule has 2 aliphatic carbocycles. The average Bonchev–Trinajstić information content (AvgIpc) is 3.04. The molecule has 0 bridgehead atoms. The molecule has 2 saturated carbocycles. The van der Waals surface area contributed by atoms with E-state index in [9.17, 15) is 0 Å². The standard InChI is InChI=1S/C16H29NO/c1-2-8-16(7-1)9-3-15(4-10-16)17-11-5-14-6-12-18-13-14/h14-15,17H,1-13H2. The largest absolute Gasteiger partial charge is 0.381 e. The molecule has 1 atom stereocenters. The van der Waals surface area contributed by atoms with Crippen molar-refractivity contribution in [2.45, 2.75) is 70.3 Å². The zero-order valence-corrected chi connectivity index (χ0v) is 11.8. The van der Waals surface area contributed by atoms with Crippen LogP contribution in [0.3, 0.4) is 0 Å². The fraction of sp³-hybridized carbons (Fsp3) is 1.00. The number of nitrogens with one attached hydrogen (secondary N) is 1. The molecule has 0 aromatic heterocycles. The molecule has 1 aliphatic heterocycles. The molecule has 0 aromatic rings. The van der Waals surface area contributed by atoms with Crippen molar-refractivity contribution in [1.82, 2.24) is 5.32 Å². The molecule has 1 spiro atoms. The van der Waals surface area contributed by atoms with Crippen LogP contribution in [0.4, 0.5) is 0 Å². The minimum absolute atomic E-state index is 0.789. The summed E-state index contributed by atoms with van der Waals surface area (Å²) in [4.78, 5) is 0. The summed E-state index contributed by atoms with van der Waals surface area (Å²) in [6, 6.07) is 0.818. The Morgan fingerprint density at radius 1 is 1.00 bits per heavy atom. The van der Waals surface area contributed by atoms with Crippen molar-refractivity contribution in [3.63, 3.8) is 0 Å². The van der Waals surface area contributed by atoms with Gasteiger partial charge in [-0.05, 0) is 69.2 Å². The van der Waals surface area contributed by atoms with Crippen molar-refractivity contribution in [2.75, 3.05) is 19.8 Å². The predicted octanol–water partition coefficient (Wildman–Crippen LogP) is 3.51. The van der Waals surface area contributed by atoms with E-state index in [1.165, 1.54) is 70.8 Å². The molecule has 18 heavy (non-hydrogen) atoms. The normalized spacial score (nSPS) is 32.3. The third-order valence-electron chi connectivity index (χ3n) is 5.72. The summed E-state index contributed by atoms with van der Waals surface area (Å²) >= 11 is 0. The highest BCUT2D eigenvalue weighted by atomic mass is 16.5. The second-order valence-electron chi connectivity index (χ2n) is 6.95. The highest BCUT2D eigenvalue weighted by Gasteiger charge is 2.37. The first-order chi connectivity index (χ1) is 8.86. The molecular weight excluding hydrogens is 222 g/mol. The molecule has 1 unspecified atom stereocenters. The zero-order valence-electron chi connectivity index (χ0n) is 11.8. The van der Waals surface area contributed by atoms with E-state index in [0.29, 0.717) is 0 Å².